The summed E-state index contributed by atoms with van der Waals surface area (Å²) < 4.78 is 16.1. The molecule has 1 fully saturated rings. The molecule has 0 unspecified atom stereocenters. The molecule has 4 rings (SSSR count). The summed E-state index contributed by atoms with van der Waals surface area (Å²) in [5.74, 6) is 0.320. The quantitative estimate of drug-likeness (QED) is 0.462. The van der Waals surface area contributed by atoms with E-state index in [1.54, 1.807) is 11.0 Å². The van der Waals surface area contributed by atoms with E-state index in [1.807, 2.05) is 32.0 Å². The molecule has 0 bridgehead atoms. The van der Waals surface area contributed by atoms with Crippen LogP contribution in [0.4, 0.5) is 4.39 Å². The Morgan fingerprint density at radius 2 is 2.00 bits per heavy atom. The lowest BCUT2D eigenvalue weighted by atomic mass is 10.1. The lowest BCUT2D eigenvalue weighted by molar-refractivity contribution is 0.0735. The molecule has 1 aliphatic rings. The zero-order valence-corrected chi connectivity index (χ0v) is 18.3. The van der Waals surface area contributed by atoms with E-state index in [4.69, 9.17) is 16.6 Å². The van der Waals surface area contributed by atoms with Crippen molar-refractivity contribution < 1.29 is 9.18 Å². The standard InChI is InChI=1S/C24H27ClFN3O/c1-3-12-28(24(30)20-14-18(26)10-8-16(20)2)15-23-27-21-11-9-17(25)13-22(21)29(23)19-6-4-5-7-19/h8-11,13-14,19H,3-7,12,15H2,1-2H3. The van der Waals surface area contributed by atoms with Gasteiger partial charge in [0.1, 0.15) is 11.6 Å². The number of hydrogen-bond acceptors (Lipinski definition) is 2. The Kier molecular flexibility index (Phi) is 6.09. The number of rotatable bonds is 6. The lowest BCUT2D eigenvalue weighted by Gasteiger charge is -2.25. The first kappa shape index (κ1) is 20.9. The van der Waals surface area contributed by atoms with E-state index >= 15 is 0 Å². The van der Waals surface area contributed by atoms with Gasteiger partial charge in [0.2, 0.25) is 0 Å². The van der Waals surface area contributed by atoms with E-state index in [-0.39, 0.29) is 5.91 Å². The Hall–Kier alpha value is -2.40. The smallest absolute Gasteiger partial charge is 0.254 e. The number of carbonyl (C=O) groups excluding carboxylic acids is 1. The van der Waals surface area contributed by atoms with Crippen molar-refractivity contribution in [3.8, 4) is 0 Å². The third-order valence-corrected chi connectivity index (χ3v) is 6.19. The lowest BCUT2D eigenvalue weighted by Crippen LogP contribution is -2.33. The van der Waals surface area contributed by atoms with Crippen LogP contribution in [0, 0.1) is 12.7 Å². The normalized spacial score (nSPS) is 14.5. The van der Waals surface area contributed by atoms with Crippen molar-refractivity contribution in [2.75, 3.05) is 6.54 Å². The molecule has 0 spiro atoms. The Morgan fingerprint density at radius 1 is 1.23 bits per heavy atom. The number of fused-ring (bicyclic) bond motifs is 1. The van der Waals surface area contributed by atoms with Gasteiger partial charge in [-0.1, -0.05) is 37.4 Å². The van der Waals surface area contributed by atoms with Crippen molar-refractivity contribution in [3.05, 3.63) is 64.2 Å². The van der Waals surface area contributed by atoms with Crippen molar-refractivity contribution in [2.45, 2.75) is 58.5 Å². The highest BCUT2D eigenvalue weighted by Crippen LogP contribution is 2.35. The highest BCUT2D eigenvalue weighted by atomic mass is 35.5. The van der Waals surface area contributed by atoms with Crippen LogP contribution in [-0.2, 0) is 6.54 Å². The van der Waals surface area contributed by atoms with Gasteiger partial charge in [0.25, 0.3) is 5.91 Å². The Balaban J connectivity index is 1.74. The van der Waals surface area contributed by atoms with E-state index in [0.717, 1.165) is 41.7 Å². The second-order valence-corrected chi connectivity index (χ2v) is 8.59. The van der Waals surface area contributed by atoms with Crippen LogP contribution in [0.25, 0.3) is 11.0 Å². The van der Waals surface area contributed by atoms with Gasteiger partial charge in [-0.3, -0.25) is 4.79 Å². The highest BCUT2D eigenvalue weighted by molar-refractivity contribution is 6.31. The van der Waals surface area contributed by atoms with Gasteiger partial charge in [-0.15, -0.1) is 0 Å². The molecule has 30 heavy (non-hydrogen) atoms. The molecule has 0 atom stereocenters. The van der Waals surface area contributed by atoms with Crippen LogP contribution >= 0.6 is 11.6 Å². The van der Waals surface area contributed by atoms with Crippen molar-refractivity contribution >= 4 is 28.5 Å². The number of aromatic nitrogens is 2. The Labute approximate surface area is 181 Å². The number of imidazole rings is 1. The molecule has 0 N–H and O–H groups in total. The molecular formula is C24H27ClFN3O. The summed E-state index contributed by atoms with van der Waals surface area (Å²) in [5, 5.41) is 0.685. The first-order valence-corrected chi connectivity index (χ1v) is 11.1. The third-order valence-electron chi connectivity index (χ3n) is 5.96. The fourth-order valence-electron chi connectivity index (χ4n) is 4.49. The van der Waals surface area contributed by atoms with Crippen molar-refractivity contribution in [3.63, 3.8) is 0 Å². The largest absolute Gasteiger partial charge is 0.331 e. The molecule has 158 valence electrons. The second kappa shape index (κ2) is 8.76. The molecule has 0 aliphatic heterocycles. The first-order valence-electron chi connectivity index (χ1n) is 10.7. The minimum atomic E-state index is -0.395. The van der Waals surface area contributed by atoms with Crippen LogP contribution < -0.4 is 0 Å². The number of amides is 1. The third kappa shape index (κ3) is 4.08. The average molecular weight is 428 g/mol. The van der Waals surface area contributed by atoms with E-state index < -0.39 is 5.82 Å². The number of aryl methyl sites for hydroxylation is 1. The van der Waals surface area contributed by atoms with Crippen LogP contribution in [0.15, 0.2) is 36.4 Å². The summed E-state index contributed by atoms with van der Waals surface area (Å²) in [6.07, 6.45) is 5.43. The summed E-state index contributed by atoms with van der Waals surface area (Å²) in [5.41, 5.74) is 3.11. The highest BCUT2D eigenvalue weighted by Gasteiger charge is 2.26. The number of hydrogen-bond donors (Lipinski definition) is 0. The van der Waals surface area contributed by atoms with E-state index in [2.05, 4.69) is 4.57 Å². The fourth-order valence-corrected chi connectivity index (χ4v) is 4.65. The van der Waals surface area contributed by atoms with Gasteiger partial charge in [-0.25, -0.2) is 9.37 Å². The molecule has 1 saturated carbocycles. The van der Waals surface area contributed by atoms with E-state index in [1.165, 1.54) is 25.0 Å². The van der Waals surface area contributed by atoms with Gasteiger partial charge in [0.15, 0.2) is 0 Å². The van der Waals surface area contributed by atoms with Crippen LogP contribution in [0.5, 0.6) is 0 Å². The van der Waals surface area contributed by atoms with Gasteiger partial charge in [-0.2, -0.15) is 0 Å². The summed E-state index contributed by atoms with van der Waals surface area (Å²) in [6.45, 7) is 4.86. The second-order valence-electron chi connectivity index (χ2n) is 8.16. The van der Waals surface area contributed by atoms with Gasteiger partial charge >= 0.3 is 0 Å². The van der Waals surface area contributed by atoms with Crippen LogP contribution in [0.2, 0.25) is 5.02 Å². The number of carbonyl (C=O) groups is 1. The minimum absolute atomic E-state index is 0.156. The molecule has 4 nitrogen and oxygen atoms in total. The van der Waals surface area contributed by atoms with Gasteiger partial charge < -0.3 is 9.47 Å². The molecular weight excluding hydrogens is 401 g/mol. The molecule has 1 heterocycles. The molecule has 6 heteroatoms. The van der Waals surface area contributed by atoms with Crippen LogP contribution in [-0.4, -0.2) is 26.9 Å². The van der Waals surface area contributed by atoms with E-state index in [0.29, 0.717) is 29.7 Å². The predicted molar refractivity (Wildman–Crippen MR) is 118 cm³/mol. The molecule has 3 aromatic rings. The van der Waals surface area contributed by atoms with Gasteiger partial charge in [-0.05, 0) is 62.1 Å². The molecule has 1 aromatic heterocycles. The summed E-state index contributed by atoms with van der Waals surface area (Å²) in [6, 6.07) is 10.5. The Morgan fingerprint density at radius 3 is 2.73 bits per heavy atom. The first-order chi connectivity index (χ1) is 14.5. The molecule has 1 amide bonds. The zero-order chi connectivity index (χ0) is 21.3. The van der Waals surface area contributed by atoms with E-state index in [9.17, 15) is 9.18 Å². The van der Waals surface area contributed by atoms with Gasteiger partial charge in [0, 0.05) is 23.2 Å². The summed E-state index contributed by atoms with van der Waals surface area (Å²) in [4.78, 5) is 20.0. The Bertz CT molecular complexity index is 1070. The maximum Gasteiger partial charge on any atom is 0.254 e. The van der Waals surface area contributed by atoms with Gasteiger partial charge in [0.05, 0.1) is 17.6 Å². The number of benzene rings is 2. The summed E-state index contributed by atoms with van der Waals surface area (Å²) in [7, 11) is 0. The maximum atomic E-state index is 13.8. The van der Waals surface area contributed by atoms with Crippen molar-refractivity contribution in [1.82, 2.24) is 14.5 Å². The van der Waals surface area contributed by atoms with Crippen molar-refractivity contribution in [2.24, 2.45) is 0 Å². The zero-order valence-electron chi connectivity index (χ0n) is 17.5. The van der Waals surface area contributed by atoms with Crippen molar-refractivity contribution in [1.29, 1.82) is 0 Å². The molecule has 2 aromatic carbocycles. The SMILES string of the molecule is CCCN(Cc1nc2ccc(Cl)cc2n1C1CCCC1)C(=O)c1cc(F)ccc1C. The maximum absolute atomic E-state index is 13.8. The number of nitrogens with zero attached hydrogens (tertiary/aromatic N) is 3. The van der Waals surface area contributed by atoms with Crippen LogP contribution in [0.3, 0.4) is 0 Å². The number of halogens is 2. The van der Waals surface area contributed by atoms with Crippen LogP contribution in [0.1, 0.15) is 66.8 Å². The predicted octanol–water partition coefficient (Wildman–Crippen LogP) is 6.30. The minimum Gasteiger partial charge on any atom is -0.331 e. The summed E-state index contributed by atoms with van der Waals surface area (Å²) >= 11 is 6.28. The fraction of sp³-hybridized carbons (Fsp3) is 0.417. The molecule has 0 saturated heterocycles. The topological polar surface area (TPSA) is 38.1 Å². The average Bonchev–Trinajstić information content (AvgIpc) is 3.36. The molecule has 1 aliphatic carbocycles. The monoisotopic (exact) mass is 427 g/mol. The molecule has 0 radical (unpaired) electrons.